The number of carbonyl (C=O) groups is 1. The van der Waals surface area contributed by atoms with Crippen LogP contribution in [0.3, 0.4) is 0 Å². The van der Waals surface area contributed by atoms with Gasteiger partial charge in [0.2, 0.25) is 0 Å². The van der Waals surface area contributed by atoms with E-state index in [4.69, 9.17) is 15.2 Å². The zero-order chi connectivity index (χ0) is 14.3. The second-order valence-corrected chi connectivity index (χ2v) is 4.22. The second-order valence-electron chi connectivity index (χ2n) is 4.22. The molecule has 0 fully saturated rings. The highest BCUT2D eigenvalue weighted by Crippen LogP contribution is 2.22. The number of nitrogens with two attached hydrogens (primary N) is 1. The van der Waals surface area contributed by atoms with Crippen molar-refractivity contribution < 1.29 is 14.3 Å². The van der Waals surface area contributed by atoms with Crippen molar-refractivity contribution in [3.05, 3.63) is 23.8 Å². The Balaban J connectivity index is 2.74. The molecule has 1 atom stereocenters. The maximum absolute atomic E-state index is 12.0. The van der Waals surface area contributed by atoms with Crippen LogP contribution in [0.4, 0.5) is 5.69 Å². The molecule has 1 aromatic rings. The lowest BCUT2D eigenvalue weighted by atomic mass is 10.1. The molecule has 0 heterocycles. The minimum Gasteiger partial charge on any atom is -0.492 e. The van der Waals surface area contributed by atoms with Gasteiger partial charge < -0.3 is 20.5 Å². The van der Waals surface area contributed by atoms with Crippen LogP contribution >= 0.6 is 0 Å². The predicted molar refractivity (Wildman–Crippen MR) is 75.4 cm³/mol. The Bertz CT molecular complexity index is 421. The lowest BCUT2D eigenvalue weighted by Crippen LogP contribution is -2.37. The Morgan fingerprint density at radius 1 is 1.42 bits per heavy atom. The minimum absolute atomic E-state index is 0.00490. The fourth-order valence-electron chi connectivity index (χ4n) is 1.71. The Morgan fingerprint density at radius 3 is 2.68 bits per heavy atom. The highest BCUT2D eigenvalue weighted by atomic mass is 16.5. The van der Waals surface area contributed by atoms with E-state index in [0.29, 0.717) is 30.2 Å². The highest BCUT2D eigenvalue weighted by Gasteiger charge is 2.13. The summed E-state index contributed by atoms with van der Waals surface area (Å²) in [4.78, 5) is 12.0. The monoisotopic (exact) mass is 266 g/mol. The summed E-state index contributed by atoms with van der Waals surface area (Å²) in [5, 5.41) is 2.90. The summed E-state index contributed by atoms with van der Waals surface area (Å²) >= 11 is 0. The number of nitrogens with one attached hydrogen (secondary N) is 1. The van der Waals surface area contributed by atoms with Crippen LogP contribution in [0.5, 0.6) is 5.75 Å². The molecule has 3 N–H and O–H groups in total. The molecule has 1 unspecified atom stereocenters. The van der Waals surface area contributed by atoms with Gasteiger partial charge in [-0.15, -0.1) is 0 Å². The number of carbonyl (C=O) groups excluding carboxylic acids is 1. The van der Waals surface area contributed by atoms with Gasteiger partial charge in [-0.25, -0.2) is 0 Å². The molecule has 0 aliphatic carbocycles. The molecule has 19 heavy (non-hydrogen) atoms. The summed E-state index contributed by atoms with van der Waals surface area (Å²) in [6.07, 6.45) is 0.812. The number of ether oxygens (including phenoxy) is 2. The number of amides is 1. The molecule has 0 spiro atoms. The molecular weight excluding hydrogens is 244 g/mol. The third kappa shape index (κ3) is 4.44. The van der Waals surface area contributed by atoms with E-state index in [9.17, 15) is 4.79 Å². The first kappa shape index (κ1) is 15.3. The predicted octanol–water partition coefficient (Wildman–Crippen LogP) is 1.82. The Morgan fingerprint density at radius 2 is 2.16 bits per heavy atom. The lowest BCUT2D eigenvalue weighted by molar-refractivity contribution is 0.0894. The maximum Gasteiger partial charge on any atom is 0.251 e. The molecule has 0 aliphatic heterocycles. The van der Waals surface area contributed by atoms with E-state index in [0.717, 1.165) is 6.42 Å². The molecule has 0 radical (unpaired) electrons. The van der Waals surface area contributed by atoms with Gasteiger partial charge in [0.25, 0.3) is 5.91 Å². The van der Waals surface area contributed by atoms with Gasteiger partial charge in [-0.2, -0.15) is 0 Å². The van der Waals surface area contributed by atoms with Crippen molar-refractivity contribution in [3.8, 4) is 5.75 Å². The van der Waals surface area contributed by atoms with Crippen molar-refractivity contribution in [1.29, 1.82) is 0 Å². The van der Waals surface area contributed by atoms with Crippen LogP contribution in [0, 0.1) is 0 Å². The summed E-state index contributed by atoms with van der Waals surface area (Å²) in [6, 6.07) is 5.05. The van der Waals surface area contributed by atoms with Crippen LogP contribution in [0.1, 0.15) is 30.6 Å². The minimum atomic E-state index is -0.154. The third-order valence-electron chi connectivity index (χ3n) is 2.77. The first-order valence-corrected chi connectivity index (χ1v) is 6.44. The van der Waals surface area contributed by atoms with Crippen LogP contribution in [-0.4, -0.2) is 32.3 Å². The van der Waals surface area contributed by atoms with Crippen molar-refractivity contribution in [3.63, 3.8) is 0 Å². The Kier molecular flexibility index (Phi) is 6.15. The van der Waals surface area contributed by atoms with E-state index < -0.39 is 0 Å². The number of hydrogen-bond acceptors (Lipinski definition) is 4. The average Bonchev–Trinajstić information content (AvgIpc) is 2.40. The van der Waals surface area contributed by atoms with Crippen molar-refractivity contribution in [2.24, 2.45) is 0 Å². The van der Waals surface area contributed by atoms with E-state index in [-0.39, 0.29) is 11.9 Å². The topological polar surface area (TPSA) is 73.6 Å². The van der Waals surface area contributed by atoms with E-state index in [1.165, 1.54) is 0 Å². The molecule has 0 aliphatic rings. The summed E-state index contributed by atoms with van der Waals surface area (Å²) < 4.78 is 10.4. The molecule has 5 nitrogen and oxygen atoms in total. The standard InChI is InChI=1S/C14H22N2O3/c1-4-11(9-18-3)16-14(17)10-6-7-13(19-5-2)12(15)8-10/h6-8,11H,4-5,9,15H2,1-3H3,(H,16,17). The Hall–Kier alpha value is -1.75. The van der Waals surface area contributed by atoms with Gasteiger partial charge in [0, 0.05) is 12.7 Å². The van der Waals surface area contributed by atoms with Gasteiger partial charge in [-0.3, -0.25) is 4.79 Å². The fraction of sp³-hybridized carbons (Fsp3) is 0.500. The number of benzene rings is 1. The molecule has 0 bridgehead atoms. The molecule has 0 saturated carbocycles. The quantitative estimate of drug-likeness (QED) is 0.738. The van der Waals surface area contributed by atoms with Gasteiger partial charge in [0.1, 0.15) is 5.75 Å². The van der Waals surface area contributed by atoms with Crippen molar-refractivity contribution in [2.75, 3.05) is 26.1 Å². The van der Waals surface area contributed by atoms with Crippen molar-refractivity contribution in [1.82, 2.24) is 5.32 Å². The summed E-state index contributed by atoms with van der Waals surface area (Å²) in [5.74, 6) is 0.446. The first-order chi connectivity index (χ1) is 9.12. The molecule has 1 rings (SSSR count). The van der Waals surface area contributed by atoms with Gasteiger partial charge >= 0.3 is 0 Å². The largest absolute Gasteiger partial charge is 0.492 e. The van der Waals surface area contributed by atoms with Crippen LogP contribution in [0.25, 0.3) is 0 Å². The molecule has 1 aromatic carbocycles. The zero-order valence-corrected chi connectivity index (χ0v) is 11.7. The van der Waals surface area contributed by atoms with E-state index in [2.05, 4.69) is 5.32 Å². The SMILES string of the molecule is CCOc1ccc(C(=O)NC(CC)COC)cc1N. The van der Waals surface area contributed by atoms with Gasteiger partial charge in [0.05, 0.1) is 24.9 Å². The number of nitrogen functional groups attached to an aromatic ring is 1. The van der Waals surface area contributed by atoms with Gasteiger partial charge in [0.15, 0.2) is 0 Å². The smallest absolute Gasteiger partial charge is 0.251 e. The number of anilines is 1. The van der Waals surface area contributed by atoms with Crippen molar-refractivity contribution in [2.45, 2.75) is 26.3 Å². The summed E-state index contributed by atoms with van der Waals surface area (Å²) in [7, 11) is 1.61. The summed E-state index contributed by atoms with van der Waals surface area (Å²) in [6.45, 7) is 4.92. The highest BCUT2D eigenvalue weighted by molar-refractivity contribution is 5.95. The molecule has 5 heteroatoms. The van der Waals surface area contributed by atoms with Crippen molar-refractivity contribution >= 4 is 11.6 Å². The normalized spacial score (nSPS) is 11.9. The maximum atomic E-state index is 12.0. The third-order valence-corrected chi connectivity index (χ3v) is 2.77. The second kappa shape index (κ2) is 7.63. The van der Waals surface area contributed by atoms with Gasteiger partial charge in [-0.1, -0.05) is 6.92 Å². The summed E-state index contributed by atoms with van der Waals surface area (Å²) in [5.41, 5.74) is 6.83. The van der Waals surface area contributed by atoms with Crippen LogP contribution in [-0.2, 0) is 4.74 Å². The van der Waals surface area contributed by atoms with E-state index >= 15 is 0 Å². The number of rotatable bonds is 7. The molecular formula is C14H22N2O3. The van der Waals surface area contributed by atoms with E-state index in [1.54, 1.807) is 25.3 Å². The van der Waals surface area contributed by atoms with Crippen LogP contribution in [0.2, 0.25) is 0 Å². The zero-order valence-electron chi connectivity index (χ0n) is 11.7. The van der Waals surface area contributed by atoms with Crippen LogP contribution < -0.4 is 15.8 Å². The Labute approximate surface area is 114 Å². The first-order valence-electron chi connectivity index (χ1n) is 6.44. The van der Waals surface area contributed by atoms with Gasteiger partial charge in [-0.05, 0) is 31.5 Å². The molecule has 1 amide bonds. The average molecular weight is 266 g/mol. The lowest BCUT2D eigenvalue weighted by Gasteiger charge is -2.16. The molecule has 0 saturated heterocycles. The van der Waals surface area contributed by atoms with Crippen LogP contribution in [0.15, 0.2) is 18.2 Å². The van der Waals surface area contributed by atoms with E-state index in [1.807, 2.05) is 13.8 Å². The molecule has 106 valence electrons. The molecule has 0 aromatic heterocycles. The number of hydrogen-bond donors (Lipinski definition) is 2. The number of methoxy groups -OCH3 is 1. The fourth-order valence-corrected chi connectivity index (χ4v) is 1.71.